The van der Waals surface area contributed by atoms with Gasteiger partial charge in [0.05, 0.1) is 24.9 Å². The van der Waals surface area contributed by atoms with E-state index in [2.05, 4.69) is 5.32 Å². The summed E-state index contributed by atoms with van der Waals surface area (Å²) in [6, 6.07) is -0.749. The molecule has 1 fully saturated rings. The normalized spacial score (nSPS) is 44.7. The van der Waals surface area contributed by atoms with E-state index in [0.29, 0.717) is 0 Å². The lowest BCUT2D eigenvalue weighted by molar-refractivity contribution is 0.0205. The number of nitrogens with one attached hydrogen (secondary N) is 1. The molecule has 5 heteroatoms. The first-order valence-electron chi connectivity index (χ1n) is 3.63. The van der Waals surface area contributed by atoms with Crippen molar-refractivity contribution in [1.82, 2.24) is 5.32 Å². The summed E-state index contributed by atoms with van der Waals surface area (Å²) in [7, 11) is 0. The molecule has 1 aliphatic heterocycles. The summed E-state index contributed by atoms with van der Waals surface area (Å²) in [5.41, 5.74) is 5.29. The topological polar surface area (TPSA) is 98.7 Å². The van der Waals surface area contributed by atoms with Crippen molar-refractivity contribution in [3.05, 3.63) is 0 Å². The molecular formula is C6H14N2O3. The molecule has 1 heterocycles. The number of rotatable bonds is 2. The van der Waals surface area contributed by atoms with E-state index in [1.807, 2.05) is 0 Å². The number of hydrogen-bond acceptors (Lipinski definition) is 5. The SMILES string of the molecule is NC[C@@H]1N[C@@H](CO)[C@H](O)[C@@H]1O. The second kappa shape index (κ2) is 3.46. The van der Waals surface area contributed by atoms with Gasteiger partial charge in [0.1, 0.15) is 0 Å². The van der Waals surface area contributed by atoms with Gasteiger partial charge in [-0.1, -0.05) is 0 Å². The molecule has 0 saturated carbocycles. The molecule has 0 radical (unpaired) electrons. The van der Waals surface area contributed by atoms with Crippen LogP contribution in [0.1, 0.15) is 0 Å². The van der Waals surface area contributed by atoms with Crippen molar-refractivity contribution in [3.8, 4) is 0 Å². The van der Waals surface area contributed by atoms with Crippen molar-refractivity contribution in [3.63, 3.8) is 0 Å². The lowest BCUT2D eigenvalue weighted by Crippen LogP contribution is -2.40. The zero-order valence-corrected chi connectivity index (χ0v) is 6.14. The maximum Gasteiger partial charge on any atom is 0.0989 e. The monoisotopic (exact) mass is 162 g/mol. The Morgan fingerprint density at radius 3 is 2.00 bits per heavy atom. The molecule has 5 nitrogen and oxygen atoms in total. The first-order chi connectivity index (χ1) is 5.20. The number of hydrogen-bond donors (Lipinski definition) is 5. The minimum absolute atomic E-state index is 0.186. The van der Waals surface area contributed by atoms with E-state index in [4.69, 9.17) is 10.8 Å². The van der Waals surface area contributed by atoms with Gasteiger partial charge in [-0.05, 0) is 0 Å². The summed E-state index contributed by atoms with van der Waals surface area (Å²) in [6.07, 6.45) is -1.77. The highest BCUT2D eigenvalue weighted by molar-refractivity contribution is 4.98. The van der Waals surface area contributed by atoms with E-state index >= 15 is 0 Å². The third-order valence-electron chi connectivity index (χ3n) is 2.05. The zero-order chi connectivity index (χ0) is 8.43. The Labute approximate surface area is 64.8 Å². The fourth-order valence-electron chi connectivity index (χ4n) is 1.32. The molecule has 0 spiro atoms. The molecule has 0 aromatic heterocycles. The average Bonchev–Trinajstić information content (AvgIpc) is 2.30. The molecule has 6 N–H and O–H groups in total. The summed E-state index contributed by atoms with van der Waals surface area (Å²) < 4.78 is 0. The van der Waals surface area contributed by atoms with Gasteiger partial charge in [0.2, 0.25) is 0 Å². The second-order valence-corrected chi connectivity index (χ2v) is 2.78. The van der Waals surface area contributed by atoms with Gasteiger partial charge < -0.3 is 26.4 Å². The van der Waals surface area contributed by atoms with Crippen molar-refractivity contribution in [1.29, 1.82) is 0 Å². The Hall–Kier alpha value is -0.200. The van der Waals surface area contributed by atoms with E-state index in [9.17, 15) is 10.2 Å². The smallest absolute Gasteiger partial charge is 0.0989 e. The molecule has 0 unspecified atom stereocenters. The van der Waals surface area contributed by atoms with Crippen molar-refractivity contribution in [2.75, 3.05) is 13.2 Å². The predicted octanol–water partition coefficient (Wildman–Crippen LogP) is -3.00. The van der Waals surface area contributed by atoms with Gasteiger partial charge in [0.15, 0.2) is 0 Å². The first kappa shape index (κ1) is 8.89. The molecule has 0 aromatic carbocycles. The molecule has 0 aliphatic carbocycles. The van der Waals surface area contributed by atoms with Crippen LogP contribution < -0.4 is 11.1 Å². The standard InChI is InChI=1S/C6H14N2O3/c7-1-3-5(10)6(11)4(2-9)8-3/h3-6,8-11H,1-2,7H2/t3-,4-,5+,6-/m0/s1. The number of nitrogens with two attached hydrogens (primary N) is 1. The van der Waals surface area contributed by atoms with Crippen LogP contribution in [0, 0.1) is 0 Å². The number of aliphatic hydroxyl groups excluding tert-OH is 3. The summed E-state index contributed by atoms with van der Waals surface area (Å²) in [5, 5.41) is 30.0. The molecule has 66 valence electrons. The first-order valence-corrected chi connectivity index (χ1v) is 3.63. The molecule has 0 amide bonds. The fourth-order valence-corrected chi connectivity index (χ4v) is 1.32. The average molecular weight is 162 g/mol. The Balaban J connectivity index is 2.53. The molecular weight excluding hydrogens is 148 g/mol. The van der Waals surface area contributed by atoms with Gasteiger partial charge in [0, 0.05) is 12.6 Å². The van der Waals surface area contributed by atoms with Crippen LogP contribution in [0.25, 0.3) is 0 Å². The summed E-state index contributed by atoms with van der Waals surface area (Å²) in [4.78, 5) is 0. The lowest BCUT2D eigenvalue weighted by atomic mass is 10.1. The van der Waals surface area contributed by atoms with Gasteiger partial charge in [-0.2, -0.15) is 0 Å². The van der Waals surface area contributed by atoms with Crippen LogP contribution in [0.5, 0.6) is 0 Å². The van der Waals surface area contributed by atoms with E-state index in [1.165, 1.54) is 0 Å². The van der Waals surface area contributed by atoms with Crippen LogP contribution in [0.2, 0.25) is 0 Å². The summed E-state index contributed by atoms with van der Waals surface area (Å²) in [5.74, 6) is 0. The molecule has 0 aromatic rings. The molecule has 4 atom stereocenters. The number of aliphatic hydroxyl groups is 3. The molecule has 11 heavy (non-hydrogen) atoms. The van der Waals surface area contributed by atoms with Gasteiger partial charge in [-0.25, -0.2) is 0 Å². The van der Waals surface area contributed by atoms with Crippen molar-refractivity contribution >= 4 is 0 Å². The van der Waals surface area contributed by atoms with Gasteiger partial charge in [0.25, 0.3) is 0 Å². The third-order valence-corrected chi connectivity index (χ3v) is 2.05. The van der Waals surface area contributed by atoms with Gasteiger partial charge in [-0.15, -0.1) is 0 Å². The maximum absolute atomic E-state index is 9.26. The Kier molecular flexibility index (Phi) is 2.80. The van der Waals surface area contributed by atoms with Crippen LogP contribution in [0.15, 0.2) is 0 Å². The Bertz CT molecular complexity index is 115. The predicted molar refractivity (Wildman–Crippen MR) is 38.9 cm³/mol. The maximum atomic E-state index is 9.26. The summed E-state index contributed by atoms with van der Waals surface area (Å²) >= 11 is 0. The van der Waals surface area contributed by atoms with Crippen LogP contribution in [-0.2, 0) is 0 Å². The fraction of sp³-hybridized carbons (Fsp3) is 1.00. The Morgan fingerprint density at radius 2 is 1.73 bits per heavy atom. The quantitative estimate of drug-likeness (QED) is 0.298. The van der Waals surface area contributed by atoms with E-state index in [-0.39, 0.29) is 19.2 Å². The summed E-state index contributed by atoms with van der Waals surface area (Å²) in [6.45, 7) is 0.0729. The zero-order valence-electron chi connectivity index (χ0n) is 6.14. The van der Waals surface area contributed by atoms with E-state index in [1.54, 1.807) is 0 Å². The second-order valence-electron chi connectivity index (χ2n) is 2.78. The minimum atomic E-state index is -0.909. The lowest BCUT2D eigenvalue weighted by Gasteiger charge is -2.12. The van der Waals surface area contributed by atoms with E-state index in [0.717, 1.165) is 0 Å². The molecule has 1 rings (SSSR count). The van der Waals surface area contributed by atoms with Crippen molar-refractivity contribution in [2.45, 2.75) is 24.3 Å². The largest absolute Gasteiger partial charge is 0.395 e. The van der Waals surface area contributed by atoms with Crippen molar-refractivity contribution < 1.29 is 15.3 Å². The highest BCUT2D eigenvalue weighted by Crippen LogP contribution is 2.12. The van der Waals surface area contributed by atoms with Gasteiger partial charge >= 0.3 is 0 Å². The van der Waals surface area contributed by atoms with Crippen LogP contribution in [0.3, 0.4) is 0 Å². The minimum Gasteiger partial charge on any atom is -0.395 e. The van der Waals surface area contributed by atoms with Crippen molar-refractivity contribution in [2.24, 2.45) is 5.73 Å². The molecule has 1 saturated heterocycles. The third kappa shape index (κ3) is 1.52. The highest BCUT2D eigenvalue weighted by atomic mass is 16.3. The molecule has 1 aliphatic rings. The van der Waals surface area contributed by atoms with E-state index < -0.39 is 18.2 Å². The highest BCUT2D eigenvalue weighted by Gasteiger charge is 2.39. The Morgan fingerprint density at radius 1 is 1.18 bits per heavy atom. The van der Waals surface area contributed by atoms with Gasteiger partial charge in [-0.3, -0.25) is 0 Å². The van der Waals surface area contributed by atoms with Crippen LogP contribution >= 0.6 is 0 Å². The van der Waals surface area contributed by atoms with Crippen LogP contribution in [-0.4, -0.2) is 52.8 Å². The molecule has 0 bridgehead atoms. The van der Waals surface area contributed by atoms with Crippen LogP contribution in [0.4, 0.5) is 0 Å².